The highest BCUT2D eigenvalue weighted by Crippen LogP contribution is 2.16. The zero-order chi connectivity index (χ0) is 18.5. The number of benzene rings is 2. The van der Waals surface area contributed by atoms with E-state index in [-0.39, 0.29) is 11.8 Å². The first kappa shape index (κ1) is 17.7. The second-order valence-electron chi connectivity index (χ2n) is 6.38. The maximum atomic E-state index is 13.0. The van der Waals surface area contributed by atoms with Crippen LogP contribution in [0.1, 0.15) is 22.4 Å². The van der Waals surface area contributed by atoms with E-state index in [4.69, 9.17) is 0 Å². The van der Waals surface area contributed by atoms with Gasteiger partial charge in [0.15, 0.2) is 0 Å². The minimum absolute atomic E-state index is 0.244. The van der Waals surface area contributed by atoms with Crippen molar-refractivity contribution < 1.29 is 9.18 Å². The Labute approximate surface area is 152 Å². The van der Waals surface area contributed by atoms with Crippen molar-refractivity contribution in [1.29, 1.82) is 0 Å². The molecule has 4 nitrogen and oxygen atoms in total. The summed E-state index contributed by atoms with van der Waals surface area (Å²) in [5.74, 6) is -0.244. The smallest absolute Gasteiger partial charge is 0.319 e. The van der Waals surface area contributed by atoms with Crippen LogP contribution >= 0.6 is 0 Å². The highest BCUT2D eigenvalue weighted by Gasteiger charge is 2.07. The number of urea groups is 1. The zero-order valence-electron chi connectivity index (χ0n) is 14.9. The number of hydrogen-bond donors (Lipinski definition) is 2. The van der Waals surface area contributed by atoms with Crippen LogP contribution in [0.15, 0.2) is 60.8 Å². The SMILES string of the molecule is Cc1ccc(NC(=O)NCc2cccn2Cc2ccc(F)cc2)c(C)c1. The summed E-state index contributed by atoms with van der Waals surface area (Å²) in [4.78, 5) is 12.2. The van der Waals surface area contributed by atoms with E-state index in [0.717, 1.165) is 28.1 Å². The molecule has 1 aromatic heterocycles. The van der Waals surface area contributed by atoms with Gasteiger partial charge in [-0.1, -0.05) is 29.8 Å². The van der Waals surface area contributed by atoms with Crippen LogP contribution in [0.5, 0.6) is 0 Å². The molecule has 0 spiro atoms. The van der Waals surface area contributed by atoms with E-state index in [2.05, 4.69) is 10.6 Å². The average molecular weight is 351 g/mol. The Morgan fingerprint density at radius 2 is 1.85 bits per heavy atom. The van der Waals surface area contributed by atoms with Crippen LogP contribution in [0.2, 0.25) is 0 Å². The molecule has 2 aromatic carbocycles. The summed E-state index contributed by atoms with van der Waals surface area (Å²) in [7, 11) is 0. The number of rotatable bonds is 5. The van der Waals surface area contributed by atoms with Crippen LogP contribution in [0.25, 0.3) is 0 Å². The molecule has 26 heavy (non-hydrogen) atoms. The standard InChI is InChI=1S/C21H22FN3O/c1-15-5-10-20(16(2)12-15)24-21(26)23-13-19-4-3-11-25(19)14-17-6-8-18(22)9-7-17/h3-12H,13-14H2,1-2H3,(H2,23,24,26). The molecule has 2 amide bonds. The van der Waals surface area contributed by atoms with Gasteiger partial charge in [0.25, 0.3) is 0 Å². The fourth-order valence-electron chi connectivity index (χ4n) is 2.84. The lowest BCUT2D eigenvalue weighted by Crippen LogP contribution is -2.29. The first-order chi connectivity index (χ1) is 12.5. The Morgan fingerprint density at radius 1 is 1.08 bits per heavy atom. The van der Waals surface area contributed by atoms with Gasteiger partial charge in [-0.3, -0.25) is 0 Å². The second kappa shape index (κ2) is 7.87. The number of hydrogen-bond acceptors (Lipinski definition) is 1. The van der Waals surface area contributed by atoms with Gasteiger partial charge in [0.05, 0.1) is 6.54 Å². The summed E-state index contributed by atoms with van der Waals surface area (Å²) in [6.45, 7) is 5.02. The third kappa shape index (κ3) is 4.51. The maximum Gasteiger partial charge on any atom is 0.319 e. The summed E-state index contributed by atoms with van der Waals surface area (Å²) in [6, 6.07) is 16.0. The molecule has 0 saturated heterocycles. The summed E-state index contributed by atoms with van der Waals surface area (Å²) in [5.41, 5.74) is 4.97. The van der Waals surface area contributed by atoms with Gasteiger partial charge in [-0.05, 0) is 55.3 Å². The van der Waals surface area contributed by atoms with E-state index < -0.39 is 0 Å². The molecule has 0 aliphatic carbocycles. The Kier molecular flexibility index (Phi) is 5.37. The van der Waals surface area contributed by atoms with Crippen LogP contribution in [-0.4, -0.2) is 10.6 Å². The normalized spacial score (nSPS) is 10.6. The molecule has 3 aromatic rings. The molecule has 0 unspecified atom stereocenters. The topological polar surface area (TPSA) is 46.1 Å². The third-order valence-electron chi connectivity index (χ3n) is 4.25. The van der Waals surface area contributed by atoms with Crippen molar-refractivity contribution in [2.45, 2.75) is 26.9 Å². The molecule has 0 radical (unpaired) electrons. The first-order valence-corrected chi connectivity index (χ1v) is 8.52. The summed E-state index contributed by atoms with van der Waals surface area (Å²) >= 11 is 0. The Bertz CT molecular complexity index is 900. The van der Waals surface area contributed by atoms with Crippen molar-refractivity contribution in [3.63, 3.8) is 0 Å². The van der Waals surface area contributed by atoms with Crippen molar-refractivity contribution in [1.82, 2.24) is 9.88 Å². The van der Waals surface area contributed by atoms with E-state index >= 15 is 0 Å². The molecule has 0 atom stereocenters. The number of aryl methyl sites for hydroxylation is 2. The lowest BCUT2D eigenvalue weighted by atomic mass is 10.1. The molecule has 0 aliphatic heterocycles. The van der Waals surface area contributed by atoms with Gasteiger partial charge in [0, 0.05) is 24.1 Å². The first-order valence-electron chi connectivity index (χ1n) is 8.52. The zero-order valence-corrected chi connectivity index (χ0v) is 14.9. The quantitative estimate of drug-likeness (QED) is 0.692. The molecule has 0 saturated carbocycles. The summed E-state index contributed by atoms with van der Waals surface area (Å²) in [6.07, 6.45) is 1.95. The Morgan fingerprint density at radius 3 is 2.58 bits per heavy atom. The highest BCUT2D eigenvalue weighted by atomic mass is 19.1. The van der Waals surface area contributed by atoms with E-state index in [0.29, 0.717) is 13.1 Å². The van der Waals surface area contributed by atoms with Crippen molar-refractivity contribution >= 4 is 11.7 Å². The molecule has 3 rings (SSSR count). The van der Waals surface area contributed by atoms with Crippen LogP contribution in [0, 0.1) is 19.7 Å². The van der Waals surface area contributed by atoms with E-state index in [1.165, 1.54) is 12.1 Å². The molecule has 1 heterocycles. The number of nitrogens with zero attached hydrogens (tertiary/aromatic N) is 1. The van der Waals surface area contributed by atoms with Gasteiger partial charge in [-0.15, -0.1) is 0 Å². The largest absolute Gasteiger partial charge is 0.345 e. The predicted molar refractivity (Wildman–Crippen MR) is 102 cm³/mol. The lowest BCUT2D eigenvalue weighted by molar-refractivity contribution is 0.251. The molecule has 0 bridgehead atoms. The average Bonchev–Trinajstić information content (AvgIpc) is 3.05. The Balaban J connectivity index is 1.59. The maximum absolute atomic E-state index is 13.0. The molecule has 2 N–H and O–H groups in total. The second-order valence-corrected chi connectivity index (χ2v) is 6.38. The van der Waals surface area contributed by atoms with E-state index in [9.17, 15) is 9.18 Å². The number of nitrogens with one attached hydrogen (secondary N) is 2. The van der Waals surface area contributed by atoms with E-state index in [1.807, 2.05) is 54.9 Å². The van der Waals surface area contributed by atoms with Crippen LogP contribution in [0.3, 0.4) is 0 Å². The molecule has 134 valence electrons. The minimum Gasteiger partial charge on any atom is -0.345 e. The van der Waals surface area contributed by atoms with Crippen molar-refractivity contribution in [3.05, 3.63) is 89.0 Å². The number of halogens is 1. The fraction of sp³-hybridized carbons (Fsp3) is 0.190. The van der Waals surface area contributed by atoms with Gasteiger partial charge in [0.1, 0.15) is 5.82 Å². The van der Waals surface area contributed by atoms with Gasteiger partial charge in [-0.2, -0.15) is 0 Å². The third-order valence-corrected chi connectivity index (χ3v) is 4.25. The predicted octanol–water partition coefficient (Wildman–Crippen LogP) is 4.61. The number of aromatic nitrogens is 1. The summed E-state index contributed by atoms with van der Waals surface area (Å²) < 4.78 is 15.1. The van der Waals surface area contributed by atoms with Gasteiger partial charge in [-0.25, -0.2) is 9.18 Å². The molecular formula is C21H22FN3O. The number of carbonyl (C=O) groups excluding carboxylic acids is 1. The monoisotopic (exact) mass is 351 g/mol. The van der Waals surface area contributed by atoms with Crippen LogP contribution in [0.4, 0.5) is 14.9 Å². The molecular weight excluding hydrogens is 329 g/mol. The van der Waals surface area contributed by atoms with Crippen molar-refractivity contribution in [3.8, 4) is 0 Å². The van der Waals surface area contributed by atoms with Crippen molar-refractivity contribution in [2.24, 2.45) is 0 Å². The lowest BCUT2D eigenvalue weighted by Gasteiger charge is -2.12. The number of amides is 2. The molecule has 0 aliphatic rings. The van der Waals surface area contributed by atoms with Crippen LogP contribution in [-0.2, 0) is 13.1 Å². The van der Waals surface area contributed by atoms with Crippen LogP contribution < -0.4 is 10.6 Å². The number of anilines is 1. The highest BCUT2D eigenvalue weighted by molar-refractivity contribution is 5.90. The fourth-order valence-corrected chi connectivity index (χ4v) is 2.84. The van der Waals surface area contributed by atoms with Gasteiger partial charge < -0.3 is 15.2 Å². The summed E-state index contributed by atoms with van der Waals surface area (Å²) in [5, 5.41) is 5.75. The minimum atomic E-state index is -0.244. The molecule has 0 fully saturated rings. The van der Waals surface area contributed by atoms with Crippen molar-refractivity contribution in [2.75, 3.05) is 5.32 Å². The van der Waals surface area contributed by atoms with Gasteiger partial charge in [0.2, 0.25) is 0 Å². The molecule has 5 heteroatoms. The number of carbonyl (C=O) groups is 1. The Hall–Kier alpha value is -3.08. The van der Waals surface area contributed by atoms with E-state index in [1.54, 1.807) is 12.1 Å². The van der Waals surface area contributed by atoms with Gasteiger partial charge >= 0.3 is 6.03 Å².